The first-order chi connectivity index (χ1) is 9.08. The van der Waals surface area contributed by atoms with E-state index in [0.717, 1.165) is 0 Å². The average Bonchev–Trinajstić information content (AvgIpc) is 2.33. The van der Waals surface area contributed by atoms with Gasteiger partial charge in [0.05, 0.1) is 0 Å². The molecule has 0 aliphatic carbocycles. The third-order valence-corrected chi connectivity index (χ3v) is 2.51. The molecule has 6 heteroatoms. The molecule has 0 atom stereocenters. The number of aryl methyl sites for hydroxylation is 1. The molecule has 1 heterocycles. The summed E-state index contributed by atoms with van der Waals surface area (Å²) in [6.07, 6.45) is 0. The van der Waals surface area contributed by atoms with Crippen LogP contribution in [0.2, 0.25) is 0 Å². The summed E-state index contributed by atoms with van der Waals surface area (Å²) in [4.78, 5) is 8.25. The normalized spacial score (nSPS) is 10.5. The predicted molar refractivity (Wildman–Crippen MR) is 71.6 cm³/mol. The highest BCUT2D eigenvalue weighted by atomic mass is 19.1. The Morgan fingerprint density at radius 3 is 2.79 bits per heavy atom. The predicted octanol–water partition coefficient (Wildman–Crippen LogP) is 2.40. The highest BCUT2D eigenvalue weighted by Crippen LogP contribution is 2.19. The molecule has 0 aliphatic rings. The van der Waals surface area contributed by atoms with Gasteiger partial charge in [0.15, 0.2) is 5.82 Å². The molecule has 1 aromatic carbocycles. The number of benzene rings is 1. The van der Waals surface area contributed by atoms with Crippen LogP contribution in [0.1, 0.15) is 11.4 Å². The van der Waals surface area contributed by atoms with Crippen molar-refractivity contribution in [2.75, 3.05) is 18.2 Å². The van der Waals surface area contributed by atoms with Crippen molar-refractivity contribution in [3.63, 3.8) is 0 Å². The molecular formula is C13H15FN4O. The standard InChI is InChI=1S/C13H15FN4O/c1-8-3-4-9(5-10(8)14)16-12-6-11(15)17-13(18-12)7-19-2/h3-6H,7H2,1-2H3,(H3,15,16,17,18). The zero-order valence-electron chi connectivity index (χ0n) is 10.8. The van der Waals surface area contributed by atoms with Gasteiger partial charge in [-0.1, -0.05) is 6.07 Å². The Kier molecular flexibility index (Phi) is 3.91. The van der Waals surface area contributed by atoms with Crippen LogP contribution < -0.4 is 11.1 Å². The topological polar surface area (TPSA) is 73.1 Å². The molecule has 0 spiro atoms. The number of ether oxygens (including phenoxy) is 1. The molecule has 0 amide bonds. The number of nitrogens with two attached hydrogens (primary N) is 1. The van der Waals surface area contributed by atoms with Gasteiger partial charge in [-0.3, -0.25) is 0 Å². The number of halogens is 1. The van der Waals surface area contributed by atoms with Gasteiger partial charge in [-0.25, -0.2) is 14.4 Å². The fourth-order valence-corrected chi connectivity index (χ4v) is 1.59. The Morgan fingerprint density at radius 2 is 2.11 bits per heavy atom. The largest absolute Gasteiger partial charge is 0.384 e. The van der Waals surface area contributed by atoms with Gasteiger partial charge < -0.3 is 15.8 Å². The zero-order chi connectivity index (χ0) is 13.8. The lowest BCUT2D eigenvalue weighted by Gasteiger charge is -2.09. The quantitative estimate of drug-likeness (QED) is 0.885. The summed E-state index contributed by atoms with van der Waals surface area (Å²) < 4.78 is 18.4. The molecular weight excluding hydrogens is 247 g/mol. The van der Waals surface area contributed by atoms with Crippen LogP contribution in [0.25, 0.3) is 0 Å². The van der Waals surface area contributed by atoms with Gasteiger partial charge in [0.1, 0.15) is 24.1 Å². The van der Waals surface area contributed by atoms with Crippen molar-refractivity contribution in [3.8, 4) is 0 Å². The van der Waals surface area contributed by atoms with Gasteiger partial charge in [-0.05, 0) is 24.6 Å². The molecule has 0 fully saturated rings. The van der Waals surface area contributed by atoms with Crippen LogP contribution in [-0.4, -0.2) is 17.1 Å². The van der Waals surface area contributed by atoms with Gasteiger partial charge >= 0.3 is 0 Å². The van der Waals surface area contributed by atoms with Crippen molar-refractivity contribution in [1.29, 1.82) is 0 Å². The Labute approximate surface area is 110 Å². The number of methoxy groups -OCH3 is 1. The SMILES string of the molecule is COCc1nc(N)cc(Nc2ccc(C)c(F)c2)n1. The van der Waals surface area contributed by atoms with E-state index in [0.29, 0.717) is 28.7 Å². The molecule has 1 aromatic heterocycles. The van der Waals surface area contributed by atoms with Crippen LogP contribution in [0.4, 0.5) is 21.7 Å². The number of nitrogens with one attached hydrogen (secondary N) is 1. The summed E-state index contributed by atoms with van der Waals surface area (Å²) in [6, 6.07) is 6.45. The second kappa shape index (κ2) is 5.62. The van der Waals surface area contributed by atoms with E-state index in [1.165, 1.54) is 6.07 Å². The molecule has 5 nitrogen and oxygen atoms in total. The molecule has 2 aromatic rings. The Morgan fingerprint density at radius 1 is 1.32 bits per heavy atom. The maximum atomic E-state index is 13.4. The number of nitrogens with zero attached hydrogens (tertiary/aromatic N) is 2. The summed E-state index contributed by atoms with van der Waals surface area (Å²) in [5.74, 6) is 1.03. The number of rotatable bonds is 4. The first-order valence-corrected chi connectivity index (χ1v) is 5.74. The summed E-state index contributed by atoms with van der Waals surface area (Å²) >= 11 is 0. The molecule has 0 aliphatic heterocycles. The van der Waals surface area contributed by atoms with Crippen LogP contribution in [0.15, 0.2) is 24.3 Å². The minimum Gasteiger partial charge on any atom is -0.384 e. The number of anilines is 3. The first-order valence-electron chi connectivity index (χ1n) is 5.74. The van der Waals surface area contributed by atoms with Crippen LogP contribution >= 0.6 is 0 Å². The average molecular weight is 262 g/mol. The van der Waals surface area contributed by atoms with Gasteiger partial charge in [0, 0.05) is 18.9 Å². The number of nitrogen functional groups attached to an aromatic ring is 1. The van der Waals surface area contributed by atoms with E-state index >= 15 is 0 Å². The molecule has 0 radical (unpaired) electrons. The van der Waals surface area contributed by atoms with Crippen molar-refractivity contribution in [1.82, 2.24) is 9.97 Å². The highest BCUT2D eigenvalue weighted by molar-refractivity contribution is 5.58. The maximum absolute atomic E-state index is 13.4. The molecule has 19 heavy (non-hydrogen) atoms. The summed E-state index contributed by atoms with van der Waals surface area (Å²) in [5, 5.41) is 2.98. The summed E-state index contributed by atoms with van der Waals surface area (Å²) in [5.41, 5.74) is 6.87. The van der Waals surface area contributed by atoms with E-state index in [1.807, 2.05) is 0 Å². The lowest BCUT2D eigenvalue weighted by atomic mass is 10.2. The fourth-order valence-electron chi connectivity index (χ4n) is 1.59. The number of hydrogen-bond donors (Lipinski definition) is 2. The second-order valence-corrected chi connectivity index (χ2v) is 4.12. The smallest absolute Gasteiger partial charge is 0.158 e. The summed E-state index contributed by atoms with van der Waals surface area (Å²) in [6.45, 7) is 1.97. The van der Waals surface area contributed by atoms with E-state index in [4.69, 9.17) is 10.5 Å². The molecule has 0 saturated heterocycles. The monoisotopic (exact) mass is 262 g/mol. The molecule has 2 rings (SSSR count). The Bertz CT molecular complexity index is 589. The number of aromatic nitrogens is 2. The molecule has 0 saturated carbocycles. The molecule has 0 unspecified atom stereocenters. The minimum atomic E-state index is -0.274. The van der Waals surface area contributed by atoms with Gasteiger partial charge in [-0.2, -0.15) is 0 Å². The Hall–Kier alpha value is -2.21. The van der Waals surface area contributed by atoms with Gasteiger partial charge in [0.2, 0.25) is 0 Å². The Balaban J connectivity index is 2.24. The van der Waals surface area contributed by atoms with Crippen molar-refractivity contribution in [2.24, 2.45) is 0 Å². The van der Waals surface area contributed by atoms with E-state index in [1.54, 1.807) is 32.2 Å². The van der Waals surface area contributed by atoms with E-state index in [2.05, 4.69) is 15.3 Å². The highest BCUT2D eigenvalue weighted by Gasteiger charge is 2.04. The van der Waals surface area contributed by atoms with Crippen LogP contribution in [-0.2, 0) is 11.3 Å². The van der Waals surface area contributed by atoms with Crippen LogP contribution in [0.3, 0.4) is 0 Å². The molecule has 100 valence electrons. The third-order valence-electron chi connectivity index (χ3n) is 2.51. The van der Waals surface area contributed by atoms with E-state index < -0.39 is 0 Å². The van der Waals surface area contributed by atoms with Crippen LogP contribution in [0.5, 0.6) is 0 Å². The fraction of sp³-hybridized carbons (Fsp3) is 0.231. The third kappa shape index (κ3) is 3.38. The van der Waals surface area contributed by atoms with E-state index in [-0.39, 0.29) is 12.4 Å². The maximum Gasteiger partial charge on any atom is 0.158 e. The van der Waals surface area contributed by atoms with Crippen molar-refractivity contribution < 1.29 is 9.13 Å². The van der Waals surface area contributed by atoms with Crippen molar-refractivity contribution in [2.45, 2.75) is 13.5 Å². The zero-order valence-corrected chi connectivity index (χ0v) is 10.8. The number of hydrogen-bond acceptors (Lipinski definition) is 5. The second-order valence-electron chi connectivity index (χ2n) is 4.12. The lowest BCUT2D eigenvalue weighted by molar-refractivity contribution is 0.178. The van der Waals surface area contributed by atoms with Gasteiger partial charge in [0.25, 0.3) is 0 Å². The van der Waals surface area contributed by atoms with Crippen molar-refractivity contribution in [3.05, 3.63) is 41.5 Å². The molecule has 3 N–H and O–H groups in total. The minimum absolute atomic E-state index is 0.266. The summed E-state index contributed by atoms with van der Waals surface area (Å²) in [7, 11) is 1.55. The first kappa shape index (κ1) is 13.2. The van der Waals surface area contributed by atoms with Gasteiger partial charge in [-0.15, -0.1) is 0 Å². The molecule has 0 bridgehead atoms. The lowest BCUT2D eigenvalue weighted by Crippen LogP contribution is -2.04. The van der Waals surface area contributed by atoms with Crippen LogP contribution in [0, 0.1) is 12.7 Å². The van der Waals surface area contributed by atoms with Crippen molar-refractivity contribution >= 4 is 17.3 Å². The van der Waals surface area contributed by atoms with E-state index in [9.17, 15) is 4.39 Å².